The molecular weight excluding hydrogens is 324 g/mol. The third-order valence-electron chi connectivity index (χ3n) is 4.13. The smallest absolute Gasteiger partial charge is 0.395 e. The van der Waals surface area contributed by atoms with Crippen LogP contribution in [-0.2, 0) is 13.0 Å². The van der Waals surface area contributed by atoms with Gasteiger partial charge in [0.1, 0.15) is 10.7 Å². The van der Waals surface area contributed by atoms with Crippen LogP contribution in [0.5, 0.6) is 0 Å². The second-order valence-electron chi connectivity index (χ2n) is 5.74. The molecule has 1 aliphatic heterocycles. The summed E-state index contributed by atoms with van der Waals surface area (Å²) < 4.78 is 7.09. The molecule has 0 saturated heterocycles. The van der Waals surface area contributed by atoms with E-state index in [-0.39, 0.29) is 5.76 Å². The van der Waals surface area contributed by atoms with Crippen molar-refractivity contribution in [3.8, 4) is 11.3 Å². The third-order valence-corrected chi connectivity index (χ3v) is 4.13. The molecule has 8 heteroatoms. The molecule has 1 aromatic carbocycles. The van der Waals surface area contributed by atoms with Gasteiger partial charge in [0, 0.05) is 24.2 Å². The van der Waals surface area contributed by atoms with Crippen LogP contribution in [-0.4, -0.2) is 20.4 Å². The number of anilines is 1. The van der Waals surface area contributed by atoms with E-state index in [1.54, 1.807) is 6.07 Å². The number of aryl methyl sites for hydroxylation is 1. The Labute approximate surface area is 142 Å². The van der Waals surface area contributed by atoms with Crippen LogP contribution in [0.15, 0.2) is 47.0 Å². The lowest BCUT2D eigenvalue weighted by Gasteiger charge is -2.08. The SMILES string of the molecule is O=C(Nc1cccc(-c2cnc3n2CCC3)c1)c1ccc([N+](=O)[O-])o1. The molecule has 126 valence electrons. The maximum atomic E-state index is 12.2. The first-order chi connectivity index (χ1) is 12.1. The van der Waals surface area contributed by atoms with Gasteiger partial charge in [0.15, 0.2) is 5.76 Å². The van der Waals surface area contributed by atoms with E-state index in [1.165, 1.54) is 6.07 Å². The molecule has 0 saturated carbocycles. The van der Waals surface area contributed by atoms with Crippen molar-refractivity contribution in [1.82, 2.24) is 9.55 Å². The van der Waals surface area contributed by atoms with Gasteiger partial charge in [-0.15, -0.1) is 0 Å². The van der Waals surface area contributed by atoms with E-state index in [9.17, 15) is 14.9 Å². The molecule has 0 spiro atoms. The monoisotopic (exact) mass is 338 g/mol. The van der Waals surface area contributed by atoms with E-state index in [0.29, 0.717) is 5.69 Å². The summed E-state index contributed by atoms with van der Waals surface area (Å²) >= 11 is 0. The van der Waals surface area contributed by atoms with Crippen LogP contribution in [0, 0.1) is 10.1 Å². The van der Waals surface area contributed by atoms with Gasteiger partial charge < -0.3 is 14.3 Å². The molecule has 25 heavy (non-hydrogen) atoms. The molecule has 0 atom stereocenters. The van der Waals surface area contributed by atoms with Gasteiger partial charge in [0.25, 0.3) is 5.91 Å². The molecule has 0 unspecified atom stereocenters. The van der Waals surface area contributed by atoms with Crippen molar-refractivity contribution < 1.29 is 14.1 Å². The number of rotatable bonds is 4. The number of aromatic nitrogens is 2. The summed E-state index contributed by atoms with van der Waals surface area (Å²) in [5.74, 6) is -0.0350. The maximum Gasteiger partial charge on any atom is 0.433 e. The lowest BCUT2D eigenvalue weighted by atomic mass is 10.1. The molecular formula is C17H14N4O4. The van der Waals surface area contributed by atoms with Crippen molar-refractivity contribution in [2.24, 2.45) is 0 Å². The third kappa shape index (κ3) is 2.78. The molecule has 3 aromatic rings. The largest absolute Gasteiger partial charge is 0.433 e. The lowest BCUT2D eigenvalue weighted by molar-refractivity contribution is -0.402. The standard InChI is InChI=1S/C17H14N4O4/c22-17(14-6-7-16(25-14)21(23)24)19-12-4-1-3-11(9-12)13-10-18-15-5-2-8-20(13)15/h1,3-4,6-7,9-10H,2,5,8H2,(H,19,22). The predicted molar refractivity (Wildman–Crippen MR) is 89.3 cm³/mol. The fourth-order valence-corrected chi connectivity index (χ4v) is 2.99. The Morgan fingerprint density at radius 3 is 3.00 bits per heavy atom. The number of imidazole rings is 1. The Balaban J connectivity index is 1.57. The fraction of sp³-hybridized carbons (Fsp3) is 0.176. The van der Waals surface area contributed by atoms with Crippen molar-refractivity contribution in [3.05, 3.63) is 64.3 Å². The minimum atomic E-state index is -0.683. The summed E-state index contributed by atoms with van der Waals surface area (Å²) in [5, 5.41) is 13.3. The van der Waals surface area contributed by atoms with Crippen molar-refractivity contribution >= 4 is 17.5 Å². The van der Waals surface area contributed by atoms with E-state index in [2.05, 4.69) is 14.9 Å². The highest BCUT2D eigenvalue weighted by molar-refractivity contribution is 6.02. The molecule has 8 nitrogen and oxygen atoms in total. The Morgan fingerprint density at radius 2 is 2.20 bits per heavy atom. The van der Waals surface area contributed by atoms with Crippen LogP contribution in [0.4, 0.5) is 11.6 Å². The number of furan rings is 1. The first-order valence-corrected chi connectivity index (χ1v) is 7.82. The molecule has 3 heterocycles. The molecule has 0 aliphatic carbocycles. The minimum absolute atomic E-state index is 0.109. The molecule has 2 aromatic heterocycles. The molecule has 1 amide bonds. The average molecular weight is 338 g/mol. The van der Waals surface area contributed by atoms with Gasteiger partial charge in [0.05, 0.1) is 18.0 Å². The Kier molecular flexibility index (Phi) is 3.57. The number of benzene rings is 1. The first-order valence-electron chi connectivity index (χ1n) is 7.82. The number of nitrogens with one attached hydrogen (secondary N) is 1. The van der Waals surface area contributed by atoms with Gasteiger partial charge in [-0.2, -0.15) is 0 Å². The number of carbonyl (C=O) groups is 1. The fourth-order valence-electron chi connectivity index (χ4n) is 2.99. The van der Waals surface area contributed by atoms with E-state index >= 15 is 0 Å². The van der Waals surface area contributed by atoms with Gasteiger partial charge in [-0.3, -0.25) is 14.9 Å². The lowest BCUT2D eigenvalue weighted by Crippen LogP contribution is -2.10. The highest BCUT2D eigenvalue weighted by Crippen LogP contribution is 2.27. The summed E-state index contributed by atoms with van der Waals surface area (Å²) in [4.78, 5) is 26.6. The van der Waals surface area contributed by atoms with Gasteiger partial charge in [0.2, 0.25) is 0 Å². The zero-order valence-corrected chi connectivity index (χ0v) is 13.1. The second-order valence-corrected chi connectivity index (χ2v) is 5.74. The van der Waals surface area contributed by atoms with E-state index < -0.39 is 16.7 Å². The Morgan fingerprint density at radius 1 is 1.32 bits per heavy atom. The second kappa shape index (κ2) is 5.90. The minimum Gasteiger partial charge on any atom is -0.395 e. The highest BCUT2D eigenvalue weighted by atomic mass is 16.6. The van der Waals surface area contributed by atoms with Crippen LogP contribution in [0.25, 0.3) is 11.3 Å². The molecule has 1 N–H and O–H groups in total. The highest BCUT2D eigenvalue weighted by Gasteiger charge is 2.19. The molecule has 0 radical (unpaired) electrons. The number of nitrogens with zero attached hydrogens (tertiary/aromatic N) is 3. The zero-order chi connectivity index (χ0) is 17.4. The van der Waals surface area contributed by atoms with Gasteiger partial charge in [-0.1, -0.05) is 12.1 Å². The molecule has 0 bridgehead atoms. The number of fused-ring (bicyclic) bond motifs is 1. The van der Waals surface area contributed by atoms with Crippen molar-refractivity contribution in [3.63, 3.8) is 0 Å². The summed E-state index contributed by atoms with van der Waals surface area (Å²) in [6.45, 7) is 0.942. The number of hydrogen-bond donors (Lipinski definition) is 1. The zero-order valence-electron chi connectivity index (χ0n) is 13.1. The predicted octanol–water partition coefficient (Wildman–Crippen LogP) is 3.25. The number of nitro groups is 1. The first kappa shape index (κ1) is 15.1. The van der Waals surface area contributed by atoms with Gasteiger partial charge in [-0.05, 0) is 24.6 Å². The number of carbonyl (C=O) groups excluding carboxylic acids is 1. The quantitative estimate of drug-likeness (QED) is 0.581. The molecule has 1 aliphatic rings. The maximum absolute atomic E-state index is 12.2. The summed E-state index contributed by atoms with van der Waals surface area (Å²) in [6, 6.07) is 9.82. The van der Waals surface area contributed by atoms with Crippen LogP contribution >= 0.6 is 0 Å². The van der Waals surface area contributed by atoms with Gasteiger partial charge >= 0.3 is 5.88 Å². The Hall–Kier alpha value is -3.42. The molecule has 4 rings (SSSR count). The molecule has 0 fully saturated rings. The van der Waals surface area contributed by atoms with Gasteiger partial charge in [-0.25, -0.2) is 4.98 Å². The van der Waals surface area contributed by atoms with Crippen LogP contribution in [0.1, 0.15) is 22.8 Å². The number of amides is 1. The topological polar surface area (TPSA) is 103 Å². The van der Waals surface area contributed by atoms with Crippen LogP contribution in [0.3, 0.4) is 0 Å². The van der Waals surface area contributed by atoms with E-state index in [4.69, 9.17) is 4.42 Å². The normalized spacial score (nSPS) is 12.8. The van der Waals surface area contributed by atoms with E-state index in [0.717, 1.165) is 42.5 Å². The summed E-state index contributed by atoms with van der Waals surface area (Å²) in [7, 11) is 0. The van der Waals surface area contributed by atoms with Crippen LogP contribution in [0.2, 0.25) is 0 Å². The summed E-state index contributed by atoms with van der Waals surface area (Å²) in [6.07, 6.45) is 3.91. The Bertz CT molecular complexity index is 973. The average Bonchev–Trinajstić information content (AvgIpc) is 3.31. The van der Waals surface area contributed by atoms with Crippen molar-refractivity contribution in [1.29, 1.82) is 0 Å². The van der Waals surface area contributed by atoms with E-state index in [1.807, 2.05) is 24.4 Å². The van der Waals surface area contributed by atoms with Crippen molar-refractivity contribution in [2.75, 3.05) is 5.32 Å². The van der Waals surface area contributed by atoms with Crippen molar-refractivity contribution in [2.45, 2.75) is 19.4 Å². The van der Waals surface area contributed by atoms with Crippen LogP contribution < -0.4 is 5.32 Å². The summed E-state index contributed by atoms with van der Waals surface area (Å²) in [5.41, 5.74) is 2.54. The number of hydrogen-bond acceptors (Lipinski definition) is 5.